The van der Waals surface area contributed by atoms with E-state index >= 15 is 0 Å². The smallest absolute Gasteiger partial charge is 0.325 e. The number of carbonyl (C=O) groups excluding carboxylic acids is 4. The number of carbonyl (C=O) groups is 4. The molecule has 3 unspecified atom stereocenters. The number of rotatable bonds is 7. The number of hydrogen-bond acceptors (Lipinski definition) is 4. The zero-order valence-corrected chi connectivity index (χ0v) is 17.9. The molecule has 0 bridgehead atoms. The summed E-state index contributed by atoms with van der Waals surface area (Å²) in [7, 11) is 0. The Labute approximate surface area is 182 Å². The molecule has 31 heavy (non-hydrogen) atoms. The molecule has 2 saturated carbocycles. The lowest BCUT2D eigenvalue weighted by Crippen LogP contribution is -2.54. The van der Waals surface area contributed by atoms with E-state index in [2.05, 4.69) is 16.0 Å². The second kappa shape index (κ2) is 8.69. The van der Waals surface area contributed by atoms with Gasteiger partial charge in [-0.1, -0.05) is 50.1 Å². The topological polar surface area (TPSA) is 108 Å². The van der Waals surface area contributed by atoms with Crippen LogP contribution in [0, 0.1) is 5.92 Å². The molecule has 3 fully saturated rings. The lowest BCUT2D eigenvalue weighted by molar-refractivity contribution is -0.137. The van der Waals surface area contributed by atoms with Gasteiger partial charge in [-0.2, -0.15) is 0 Å². The van der Waals surface area contributed by atoms with Crippen molar-refractivity contribution in [3.63, 3.8) is 0 Å². The van der Waals surface area contributed by atoms with Gasteiger partial charge in [0.1, 0.15) is 18.1 Å². The maximum atomic E-state index is 13.1. The van der Waals surface area contributed by atoms with Crippen LogP contribution in [0.1, 0.15) is 51.0 Å². The number of urea groups is 1. The molecule has 1 heterocycles. The number of nitrogens with zero attached hydrogens (tertiary/aromatic N) is 1. The van der Waals surface area contributed by atoms with E-state index in [-0.39, 0.29) is 30.3 Å². The molecule has 1 aliphatic heterocycles. The summed E-state index contributed by atoms with van der Waals surface area (Å²) in [6.07, 6.45) is 5.59. The molecule has 3 N–H and O–H groups in total. The normalized spacial score (nSPS) is 26.5. The van der Waals surface area contributed by atoms with Crippen molar-refractivity contribution in [3.8, 4) is 0 Å². The van der Waals surface area contributed by atoms with Gasteiger partial charge in [0.2, 0.25) is 11.8 Å². The molecule has 3 atom stereocenters. The number of imide groups is 1. The van der Waals surface area contributed by atoms with Crippen LogP contribution >= 0.6 is 0 Å². The maximum Gasteiger partial charge on any atom is 0.325 e. The Morgan fingerprint density at radius 2 is 1.90 bits per heavy atom. The average Bonchev–Trinajstić information content (AvgIpc) is 3.53. The van der Waals surface area contributed by atoms with E-state index in [9.17, 15) is 19.2 Å². The predicted molar refractivity (Wildman–Crippen MR) is 114 cm³/mol. The molecule has 4 rings (SSSR count). The maximum absolute atomic E-state index is 13.1. The zero-order chi connectivity index (χ0) is 22.0. The number of nitrogens with one attached hydrogen (secondary N) is 3. The minimum atomic E-state index is -0.900. The molecule has 3 aliphatic rings. The fraction of sp³-hybridized carbons (Fsp3) is 0.565. The first-order chi connectivity index (χ1) is 14.9. The van der Waals surface area contributed by atoms with Gasteiger partial charge in [0.25, 0.3) is 5.91 Å². The van der Waals surface area contributed by atoms with Gasteiger partial charge < -0.3 is 16.0 Å². The van der Waals surface area contributed by atoms with E-state index in [1.165, 1.54) is 0 Å². The minimum absolute atomic E-state index is 0.0286. The summed E-state index contributed by atoms with van der Waals surface area (Å²) in [4.78, 5) is 52.1. The van der Waals surface area contributed by atoms with Crippen LogP contribution in [0.5, 0.6) is 0 Å². The fourth-order valence-corrected chi connectivity index (χ4v) is 4.61. The molecule has 1 spiro atoms. The Kier molecular flexibility index (Phi) is 5.98. The van der Waals surface area contributed by atoms with Crippen LogP contribution < -0.4 is 16.0 Å². The first-order valence-electron chi connectivity index (χ1n) is 11.2. The van der Waals surface area contributed by atoms with Crippen LogP contribution in [-0.2, 0) is 20.8 Å². The van der Waals surface area contributed by atoms with Crippen molar-refractivity contribution in [2.45, 2.75) is 69.5 Å². The summed E-state index contributed by atoms with van der Waals surface area (Å²) in [6, 6.07) is 8.32. The first kappa shape index (κ1) is 21.3. The molecular weight excluding hydrogens is 396 g/mol. The van der Waals surface area contributed by atoms with E-state index < -0.39 is 23.5 Å². The highest BCUT2D eigenvalue weighted by Crippen LogP contribution is 2.38. The summed E-state index contributed by atoms with van der Waals surface area (Å²) in [5.74, 6) is -1.06. The molecule has 8 nitrogen and oxygen atoms in total. The van der Waals surface area contributed by atoms with Crippen LogP contribution in [0.4, 0.5) is 4.79 Å². The minimum Gasteiger partial charge on any atom is -0.352 e. The lowest BCUT2D eigenvalue weighted by Gasteiger charge is -2.36. The van der Waals surface area contributed by atoms with Crippen molar-refractivity contribution >= 4 is 23.8 Å². The summed E-state index contributed by atoms with van der Waals surface area (Å²) in [6.45, 7) is 1.58. The monoisotopic (exact) mass is 426 g/mol. The van der Waals surface area contributed by atoms with Crippen molar-refractivity contribution < 1.29 is 19.2 Å². The highest BCUT2D eigenvalue weighted by atomic mass is 16.2. The lowest BCUT2D eigenvalue weighted by atomic mass is 9.73. The molecule has 5 amide bonds. The van der Waals surface area contributed by atoms with Gasteiger partial charge in [0, 0.05) is 12.5 Å². The Hall–Kier alpha value is -2.90. The van der Waals surface area contributed by atoms with Gasteiger partial charge in [-0.25, -0.2) is 4.79 Å². The number of hydrogen-bond donors (Lipinski definition) is 3. The third-order valence-corrected chi connectivity index (χ3v) is 6.66. The van der Waals surface area contributed by atoms with E-state index in [4.69, 9.17) is 0 Å². The van der Waals surface area contributed by atoms with Crippen molar-refractivity contribution in [2.75, 3.05) is 6.54 Å². The first-order valence-corrected chi connectivity index (χ1v) is 11.2. The zero-order valence-electron chi connectivity index (χ0n) is 17.9. The van der Waals surface area contributed by atoms with Gasteiger partial charge in [-0.3, -0.25) is 19.3 Å². The Morgan fingerprint density at radius 3 is 2.58 bits per heavy atom. The molecule has 0 radical (unpaired) electrons. The Balaban J connectivity index is 1.42. The van der Waals surface area contributed by atoms with Crippen LogP contribution in [0.25, 0.3) is 0 Å². The van der Waals surface area contributed by atoms with Crippen molar-refractivity contribution in [1.82, 2.24) is 20.9 Å². The number of amides is 5. The van der Waals surface area contributed by atoms with Gasteiger partial charge in [0.05, 0.1) is 0 Å². The highest BCUT2D eigenvalue weighted by Gasteiger charge is 2.55. The summed E-state index contributed by atoms with van der Waals surface area (Å²) < 4.78 is 0. The SMILES string of the molecule is CC1CCCCC12NC(=O)N(CC(=O)NC(Cc1ccccc1)C(=O)NC1CC1)C2=O. The van der Waals surface area contributed by atoms with Crippen molar-refractivity contribution in [3.05, 3.63) is 35.9 Å². The van der Waals surface area contributed by atoms with E-state index in [0.717, 1.165) is 42.6 Å². The molecule has 2 aliphatic carbocycles. The second-order valence-corrected chi connectivity index (χ2v) is 9.03. The van der Waals surface area contributed by atoms with Crippen LogP contribution in [-0.4, -0.2) is 52.8 Å². The summed E-state index contributed by atoms with van der Waals surface area (Å²) in [5, 5.41) is 8.53. The molecule has 1 aromatic carbocycles. The van der Waals surface area contributed by atoms with Crippen molar-refractivity contribution in [2.24, 2.45) is 5.92 Å². The van der Waals surface area contributed by atoms with Crippen LogP contribution in [0.15, 0.2) is 30.3 Å². The van der Waals surface area contributed by atoms with Gasteiger partial charge in [0.15, 0.2) is 0 Å². The van der Waals surface area contributed by atoms with Crippen molar-refractivity contribution in [1.29, 1.82) is 0 Å². The van der Waals surface area contributed by atoms with Crippen LogP contribution in [0.2, 0.25) is 0 Å². The fourth-order valence-electron chi connectivity index (χ4n) is 4.61. The van der Waals surface area contributed by atoms with E-state index in [1.54, 1.807) is 0 Å². The molecule has 1 saturated heterocycles. The van der Waals surface area contributed by atoms with Crippen LogP contribution in [0.3, 0.4) is 0 Å². The van der Waals surface area contributed by atoms with E-state index in [1.807, 2.05) is 37.3 Å². The quantitative estimate of drug-likeness (QED) is 0.574. The number of benzene rings is 1. The Morgan fingerprint density at radius 1 is 1.16 bits per heavy atom. The van der Waals surface area contributed by atoms with Gasteiger partial charge in [-0.15, -0.1) is 0 Å². The largest absolute Gasteiger partial charge is 0.352 e. The van der Waals surface area contributed by atoms with E-state index in [0.29, 0.717) is 12.8 Å². The average molecular weight is 427 g/mol. The van der Waals surface area contributed by atoms with Gasteiger partial charge in [-0.05, 0) is 37.2 Å². The third-order valence-electron chi connectivity index (χ3n) is 6.66. The van der Waals surface area contributed by atoms with Gasteiger partial charge >= 0.3 is 6.03 Å². The standard InChI is InChI=1S/C23H30N4O4/c1-15-7-5-6-12-23(15)21(30)27(22(31)26-23)14-19(28)25-18(20(29)24-17-10-11-17)13-16-8-3-2-4-9-16/h2-4,8-9,15,17-18H,5-7,10-14H2,1H3,(H,24,29)(H,25,28)(H,26,31). The highest BCUT2D eigenvalue weighted by molar-refractivity contribution is 6.09. The Bertz CT molecular complexity index is 870. The third kappa shape index (κ3) is 4.57. The second-order valence-electron chi connectivity index (χ2n) is 9.03. The molecule has 0 aromatic heterocycles. The molecule has 1 aromatic rings. The summed E-state index contributed by atoms with van der Waals surface area (Å²) in [5.41, 5.74) is 0.0197. The predicted octanol–water partition coefficient (Wildman–Crippen LogP) is 1.49. The molecular formula is C23H30N4O4. The summed E-state index contributed by atoms with van der Waals surface area (Å²) >= 11 is 0. The molecule has 8 heteroatoms. The molecule has 166 valence electrons.